The quantitative estimate of drug-likeness (QED) is 0.270. The molecule has 0 N–H and O–H groups in total. The second-order valence-electron chi connectivity index (χ2n) is 7.93. The van der Waals surface area contributed by atoms with Crippen LogP contribution < -0.4 is 0 Å². The number of thiocarbonyl (C=S) groups is 1. The molecule has 2 fully saturated rings. The Hall–Kier alpha value is -1.64. The third-order valence-corrected chi connectivity index (χ3v) is 7.83. The lowest BCUT2D eigenvalue weighted by molar-refractivity contribution is -0.123. The van der Waals surface area contributed by atoms with Gasteiger partial charge in [-0.2, -0.15) is 0 Å². The van der Waals surface area contributed by atoms with Gasteiger partial charge in [-0.3, -0.25) is 9.69 Å². The van der Waals surface area contributed by atoms with Crippen molar-refractivity contribution in [2.24, 2.45) is 0 Å². The molecule has 164 valence electrons. The fraction of sp³-hybridized carbons (Fsp3) is 0.250. The van der Waals surface area contributed by atoms with Crippen LogP contribution in [-0.4, -0.2) is 39.0 Å². The molecule has 1 aromatic heterocycles. The number of carbonyl (C=O) groups excluding carboxylic acids is 1. The van der Waals surface area contributed by atoms with Crippen LogP contribution in [0.2, 0.25) is 5.02 Å². The van der Waals surface area contributed by atoms with Gasteiger partial charge in [0.1, 0.15) is 4.32 Å². The molecular weight excluding hydrogens is 528 g/mol. The van der Waals surface area contributed by atoms with E-state index in [9.17, 15) is 4.79 Å². The first-order valence-electron chi connectivity index (χ1n) is 10.4. The van der Waals surface area contributed by atoms with Gasteiger partial charge in [-0.15, -0.1) is 0 Å². The largest absolute Gasteiger partial charge is 0.376 e. The summed E-state index contributed by atoms with van der Waals surface area (Å²) in [6.45, 7) is 2.01. The van der Waals surface area contributed by atoms with E-state index in [2.05, 4.69) is 38.8 Å². The lowest BCUT2D eigenvalue weighted by atomic mass is 10.1. The number of thioether (sulfide) groups is 1. The Balaban J connectivity index is 1.47. The lowest BCUT2D eigenvalue weighted by Gasteiger charge is -2.18. The topological polar surface area (TPSA) is 34.5 Å². The molecule has 0 aliphatic carbocycles. The minimum Gasteiger partial charge on any atom is -0.376 e. The number of ether oxygens (including phenoxy) is 1. The molecule has 8 heteroatoms. The molecule has 2 aromatic carbocycles. The van der Waals surface area contributed by atoms with Crippen molar-refractivity contribution in [1.29, 1.82) is 0 Å². The highest BCUT2D eigenvalue weighted by molar-refractivity contribution is 9.10. The minimum atomic E-state index is -0.0379. The summed E-state index contributed by atoms with van der Waals surface area (Å²) in [5.41, 5.74) is 3.25. The summed E-state index contributed by atoms with van der Waals surface area (Å²) in [4.78, 5) is 15.4. The summed E-state index contributed by atoms with van der Waals surface area (Å²) in [5.74, 6) is -0.0379. The molecule has 0 bridgehead atoms. The number of benzene rings is 2. The van der Waals surface area contributed by atoms with Crippen molar-refractivity contribution in [3.63, 3.8) is 0 Å². The maximum absolute atomic E-state index is 13.1. The average molecular weight is 548 g/mol. The highest BCUT2D eigenvalue weighted by Crippen LogP contribution is 2.36. The molecule has 0 spiro atoms. The fourth-order valence-corrected chi connectivity index (χ4v) is 5.87. The van der Waals surface area contributed by atoms with Crippen molar-refractivity contribution in [2.45, 2.75) is 25.5 Å². The zero-order chi connectivity index (χ0) is 22.2. The van der Waals surface area contributed by atoms with Gasteiger partial charge in [-0.1, -0.05) is 63.6 Å². The number of nitrogens with zero attached hydrogens (tertiary/aromatic N) is 2. The van der Waals surface area contributed by atoms with Gasteiger partial charge in [-0.05, 0) is 54.8 Å². The summed E-state index contributed by atoms with van der Waals surface area (Å²) in [6.07, 6.45) is 6.15. The van der Waals surface area contributed by atoms with Crippen LogP contribution in [0.4, 0.5) is 0 Å². The molecule has 0 unspecified atom stereocenters. The highest BCUT2D eigenvalue weighted by atomic mass is 79.9. The van der Waals surface area contributed by atoms with E-state index < -0.39 is 0 Å². The molecule has 2 saturated heterocycles. The molecule has 1 amide bonds. The Bertz CT molecular complexity index is 1230. The van der Waals surface area contributed by atoms with Crippen LogP contribution in [0.15, 0.2) is 58.0 Å². The predicted molar refractivity (Wildman–Crippen MR) is 139 cm³/mol. The number of carbonyl (C=O) groups is 1. The van der Waals surface area contributed by atoms with E-state index in [4.69, 9.17) is 28.6 Å². The molecule has 2 aliphatic heterocycles. The zero-order valence-electron chi connectivity index (χ0n) is 17.1. The van der Waals surface area contributed by atoms with Crippen LogP contribution in [0.5, 0.6) is 0 Å². The van der Waals surface area contributed by atoms with Gasteiger partial charge in [0.15, 0.2) is 0 Å². The van der Waals surface area contributed by atoms with Gasteiger partial charge in [0.05, 0.1) is 17.6 Å². The highest BCUT2D eigenvalue weighted by Gasteiger charge is 2.34. The van der Waals surface area contributed by atoms with Crippen LogP contribution in [0.3, 0.4) is 0 Å². The molecule has 1 atom stereocenters. The van der Waals surface area contributed by atoms with Crippen LogP contribution in [0, 0.1) is 0 Å². The van der Waals surface area contributed by atoms with E-state index in [0.29, 0.717) is 22.3 Å². The lowest BCUT2D eigenvalue weighted by Crippen LogP contribution is -2.35. The molecule has 3 heterocycles. The van der Waals surface area contributed by atoms with E-state index in [1.165, 1.54) is 11.8 Å². The number of amides is 1. The van der Waals surface area contributed by atoms with Crippen molar-refractivity contribution in [2.75, 3.05) is 13.2 Å². The second kappa shape index (κ2) is 9.31. The van der Waals surface area contributed by atoms with E-state index in [1.54, 1.807) is 4.90 Å². The standard InChI is InChI=1S/C24H20BrClN2O2S2/c25-17-5-8-21-20(11-17)16(13-27(21)12-15-3-6-18(26)7-4-15)10-22-23(29)28(24(31)32-22)14-19-2-1-9-30-19/h3-8,10-11,13,19H,1-2,9,12,14H2/b22-10-/t19-/m1/s1. The minimum absolute atomic E-state index is 0.0379. The smallest absolute Gasteiger partial charge is 0.266 e. The molecular formula is C24H20BrClN2O2S2. The first-order valence-corrected chi connectivity index (χ1v) is 12.8. The number of fused-ring (bicyclic) bond motifs is 1. The molecule has 3 aromatic rings. The SMILES string of the molecule is O=C1/C(=C/c2cn(Cc3ccc(Cl)cc3)c3ccc(Br)cc23)SC(=S)N1C[C@H]1CCCO1. The number of aromatic nitrogens is 1. The third-order valence-electron chi connectivity index (χ3n) is 5.71. The third kappa shape index (κ3) is 4.54. The van der Waals surface area contributed by atoms with Crippen LogP contribution in [0.1, 0.15) is 24.0 Å². The zero-order valence-corrected chi connectivity index (χ0v) is 21.1. The Morgan fingerprint density at radius 1 is 1.25 bits per heavy atom. The van der Waals surface area contributed by atoms with Crippen LogP contribution in [0.25, 0.3) is 17.0 Å². The van der Waals surface area contributed by atoms with E-state index in [0.717, 1.165) is 51.0 Å². The molecule has 32 heavy (non-hydrogen) atoms. The molecule has 2 aliphatic rings. The fourth-order valence-electron chi connectivity index (χ4n) is 4.12. The van der Waals surface area contributed by atoms with Crippen molar-refractivity contribution >= 4 is 78.7 Å². The number of hydrogen-bond acceptors (Lipinski definition) is 4. The maximum atomic E-state index is 13.1. The number of hydrogen-bond donors (Lipinski definition) is 0. The Morgan fingerprint density at radius 2 is 2.06 bits per heavy atom. The van der Waals surface area contributed by atoms with Gasteiger partial charge in [0.25, 0.3) is 5.91 Å². The monoisotopic (exact) mass is 546 g/mol. The molecule has 0 saturated carbocycles. The summed E-state index contributed by atoms with van der Waals surface area (Å²) >= 11 is 16.5. The summed E-state index contributed by atoms with van der Waals surface area (Å²) in [6, 6.07) is 14.1. The Labute approximate surface area is 209 Å². The summed E-state index contributed by atoms with van der Waals surface area (Å²) < 4.78 is 9.50. The first-order chi connectivity index (χ1) is 15.5. The van der Waals surface area contributed by atoms with Crippen LogP contribution >= 0.6 is 51.5 Å². The molecule has 0 radical (unpaired) electrons. The van der Waals surface area contributed by atoms with Gasteiger partial charge in [-0.25, -0.2) is 0 Å². The molecule has 4 nitrogen and oxygen atoms in total. The van der Waals surface area contributed by atoms with Gasteiger partial charge >= 0.3 is 0 Å². The van der Waals surface area contributed by atoms with E-state index >= 15 is 0 Å². The second-order valence-corrected chi connectivity index (χ2v) is 11.0. The normalized spacial score (nSPS) is 20.2. The van der Waals surface area contributed by atoms with Gasteiger partial charge in [0.2, 0.25) is 0 Å². The van der Waals surface area contributed by atoms with Crippen molar-refractivity contribution in [1.82, 2.24) is 9.47 Å². The number of halogens is 2. The first kappa shape index (κ1) is 22.2. The van der Waals surface area contributed by atoms with Crippen molar-refractivity contribution in [3.8, 4) is 0 Å². The average Bonchev–Trinajstić information content (AvgIpc) is 3.46. The van der Waals surface area contributed by atoms with Crippen molar-refractivity contribution < 1.29 is 9.53 Å². The van der Waals surface area contributed by atoms with Gasteiger partial charge < -0.3 is 9.30 Å². The Kier molecular flexibility index (Phi) is 6.45. The van der Waals surface area contributed by atoms with Crippen LogP contribution in [-0.2, 0) is 16.1 Å². The number of rotatable bonds is 5. The summed E-state index contributed by atoms with van der Waals surface area (Å²) in [7, 11) is 0. The summed E-state index contributed by atoms with van der Waals surface area (Å²) in [5, 5.41) is 1.80. The van der Waals surface area contributed by atoms with Gasteiger partial charge in [0, 0.05) is 45.3 Å². The maximum Gasteiger partial charge on any atom is 0.266 e. The van der Waals surface area contributed by atoms with E-state index in [-0.39, 0.29) is 12.0 Å². The van der Waals surface area contributed by atoms with E-state index in [1.807, 2.05) is 36.4 Å². The predicted octanol–water partition coefficient (Wildman–Crippen LogP) is 6.49. The molecule has 5 rings (SSSR count). The van der Waals surface area contributed by atoms with Crippen molar-refractivity contribution in [3.05, 3.63) is 74.2 Å². The Morgan fingerprint density at radius 3 is 2.81 bits per heavy atom.